The molecule has 2 heterocycles. The molecule has 2 aromatic rings. The Morgan fingerprint density at radius 2 is 2.11 bits per heavy atom. The number of aromatic amines is 1. The van der Waals surface area contributed by atoms with E-state index >= 15 is 0 Å². The molecule has 0 bridgehead atoms. The number of rotatable bonds is 5. The lowest BCUT2D eigenvalue weighted by molar-refractivity contribution is -0.0756. The monoisotopic (exact) mass is 470 g/mol. The van der Waals surface area contributed by atoms with Gasteiger partial charge in [0.25, 0.3) is 5.56 Å². The third-order valence-corrected chi connectivity index (χ3v) is 5.07. The van der Waals surface area contributed by atoms with E-state index in [2.05, 4.69) is 27.5 Å². The zero-order chi connectivity index (χ0) is 20.4. The van der Waals surface area contributed by atoms with Crippen molar-refractivity contribution >= 4 is 33.5 Å². The molecule has 148 valence electrons. The molecule has 4 atom stereocenters. The van der Waals surface area contributed by atoms with Crippen LogP contribution in [0.1, 0.15) is 23.0 Å². The number of hydrogen-bond donors (Lipinski definition) is 2. The van der Waals surface area contributed by atoms with Crippen LogP contribution in [0.4, 0.5) is 0 Å². The van der Waals surface area contributed by atoms with Crippen molar-refractivity contribution in [1.29, 1.82) is 0 Å². The van der Waals surface area contributed by atoms with Gasteiger partial charge >= 0.3 is 11.7 Å². The summed E-state index contributed by atoms with van der Waals surface area (Å²) in [5.41, 5.74) is -0.974. The van der Waals surface area contributed by atoms with Gasteiger partial charge in [0.15, 0.2) is 0 Å². The summed E-state index contributed by atoms with van der Waals surface area (Å²) >= 11 is 8.85. The lowest BCUT2D eigenvalue weighted by Gasteiger charge is -2.23. The van der Waals surface area contributed by atoms with Crippen molar-refractivity contribution in [3.63, 3.8) is 0 Å². The summed E-state index contributed by atoms with van der Waals surface area (Å²) < 4.78 is 12.4. The molecule has 0 spiro atoms. The lowest BCUT2D eigenvalue weighted by Crippen LogP contribution is -2.37. The largest absolute Gasteiger partial charge is 0.452 e. The molecule has 1 aliphatic heterocycles. The van der Waals surface area contributed by atoms with Crippen LogP contribution >= 0.6 is 27.5 Å². The van der Waals surface area contributed by atoms with Crippen LogP contribution in [0.15, 0.2) is 57.2 Å². The van der Waals surface area contributed by atoms with Crippen LogP contribution in [0.3, 0.4) is 0 Å². The van der Waals surface area contributed by atoms with Crippen LogP contribution < -0.4 is 11.2 Å². The minimum atomic E-state index is -1.02. The number of nitrogens with one attached hydrogen (secondary N) is 1. The summed E-state index contributed by atoms with van der Waals surface area (Å²) in [4.78, 5) is 38.0. The Bertz CT molecular complexity index is 1000. The van der Waals surface area contributed by atoms with Gasteiger partial charge in [-0.2, -0.15) is 0 Å². The Hall–Kier alpha value is -2.20. The number of halogens is 2. The molecule has 1 aromatic carbocycles. The molecule has 10 heteroatoms. The molecule has 28 heavy (non-hydrogen) atoms. The highest BCUT2D eigenvalue weighted by atomic mass is 79.9. The maximum atomic E-state index is 12.3. The predicted octanol–water partition coefficient (Wildman–Crippen LogP) is 2.01. The van der Waals surface area contributed by atoms with E-state index in [0.717, 1.165) is 4.57 Å². The fraction of sp³-hybridized carbons (Fsp3) is 0.278. The summed E-state index contributed by atoms with van der Waals surface area (Å²) in [5.74, 6) is -0.634. The van der Waals surface area contributed by atoms with E-state index in [0.29, 0.717) is 5.02 Å². The molecule has 1 aliphatic rings. The molecular formula is C18H16BrClN2O6. The lowest BCUT2D eigenvalue weighted by atomic mass is 10.1. The van der Waals surface area contributed by atoms with Crippen molar-refractivity contribution in [2.75, 3.05) is 0 Å². The molecule has 0 radical (unpaired) electrons. The first kappa shape index (κ1) is 20.5. The van der Waals surface area contributed by atoms with E-state index in [4.69, 9.17) is 21.1 Å². The van der Waals surface area contributed by atoms with Gasteiger partial charge in [0, 0.05) is 17.6 Å². The Balaban J connectivity index is 1.77. The van der Waals surface area contributed by atoms with Gasteiger partial charge in [0.1, 0.15) is 18.4 Å². The standard InChI is InChI=1S/C18H16BrClN2O6/c1-2-13(27-17(25)9-3-5-10(20)6-4-9)15-12(23)7-14(28-15)22-8-11(19)16(24)21-18(22)26/h2-6,8,12-15,23H,1,7H2,(H,21,24,26)/t12-,13?,14+,15-/m0/s1. The van der Waals surface area contributed by atoms with Crippen LogP contribution in [0, 0.1) is 0 Å². The van der Waals surface area contributed by atoms with Gasteiger partial charge in [0.05, 0.1) is 16.1 Å². The second-order valence-corrected chi connectivity index (χ2v) is 7.41. The van der Waals surface area contributed by atoms with Crippen molar-refractivity contribution in [2.45, 2.75) is 31.0 Å². The molecule has 8 nitrogen and oxygen atoms in total. The van der Waals surface area contributed by atoms with Crippen LogP contribution in [-0.4, -0.2) is 38.9 Å². The number of carbonyl (C=O) groups excluding carboxylic acids is 1. The average molecular weight is 472 g/mol. The third kappa shape index (κ3) is 4.27. The van der Waals surface area contributed by atoms with Crippen molar-refractivity contribution in [3.8, 4) is 0 Å². The number of aliphatic hydroxyl groups excluding tert-OH is 1. The first-order valence-corrected chi connectivity index (χ1v) is 9.41. The molecule has 2 N–H and O–H groups in total. The minimum Gasteiger partial charge on any atom is -0.452 e. The second kappa shape index (κ2) is 8.44. The quantitative estimate of drug-likeness (QED) is 0.510. The maximum Gasteiger partial charge on any atom is 0.338 e. The Labute approximate surface area is 172 Å². The summed E-state index contributed by atoms with van der Waals surface area (Å²) in [6.07, 6.45) is -1.08. The van der Waals surface area contributed by atoms with Gasteiger partial charge in [-0.15, -0.1) is 0 Å². The van der Waals surface area contributed by atoms with Crippen LogP contribution in [0.25, 0.3) is 0 Å². The third-order valence-electron chi connectivity index (χ3n) is 4.25. The molecule has 1 fully saturated rings. The van der Waals surface area contributed by atoms with Gasteiger partial charge in [0.2, 0.25) is 0 Å². The summed E-state index contributed by atoms with van der Waals surface area (Å²) in [5, 5.41) is 10.9. The number of ether oxygens (including phenoxy) is 2. The van der Waals surface area contributed by atoms with Gasteiger partial charge in [-0.05, 0) is 46.3 Å². The number of benzene rings is 1. The second-order valence-electron chi connectivity index (χ2n) is 6.11. The molecule has 0 amide bonds. The van der Waals surface area contributed by atoms with Crippen LogP contribution in [0.2, 0.25) is 5.02 Å². The smallest absolute Gasteiger partial charge is 0.338 e. The van der Waals surface area contributed by atoms with Crippen molar-refractivity contribution in [2.24, 2.45) is 0 Å². The van der Waals surface area contributed by atoms with Crippen molar-refractivity contribution in [3.05, 3.63) is 79.0 Å². The van der Waals surface area contributed by atoms with Gasteiger partial charge in [-0.1, -0.05) is 18.2 Å². The van der Waals surface area contributed by atoms with E-state index in [9.17, 15) is 19.5 Å². The number of esters is 1. The zero-order valence-corrected chi connectivity index (χ0v) is 16.7. The minimum absolute atomic E-state index is 0.0614. The van der Waals surface area contributed by atoms with E-state index < -0.39 is 41.8 Å². The number of H-pyrrole nitrogens is 1. The van der Waals surface area contributed by atoms with Crippen LogP contribution in [-0.2, 0) is 9.47 Å². The Morgan fingerprint density at radius 1 is 1.43 bits per heavy atom. The number of hydrogen-bond acceptors (Lipinski definition) is 6. The number of aliphatic hydroxyl groups is 1. The van der Waals surface area contributed by atoms with E-state index in [1.807, 2.05) is 0 Å². The van der Waals surface area contributed by atoms with E-state index in [1.165, 1.54) is 24.4 Å². The fourth-order valence-electron chi connectivity index (χ4n) is 2.85. The molecule has 1 unspecified atom stereocenters. The Kier molecular flexibility index (Phi) is 6.19. The summed E-state index contributed by atoms with van der Waals surface area (Å²) in [6, 6.07) is 6.13. The summed E-state index contributed by atoms with van der Waals surface area (Å²) in [7, 11) is 0. The molecule has 1 saturated heterocycles. The fourth-order valence-corrected chi connectivity index (χ4v) is 3.29. The van der Waals surface area contributed by atoms with Gasteiger partial charge in [-0.3, -0.25) is 14.3 Å². The maximum absolute atomic E-state index is 12.3. The molecule has 0 saturated carbocycles. The highest BCUT2D eigenvalue weighted by Gasteiger charge is 2.41. The number of nitrogens with zero attached hydrogens (tertiary/aromatic N) is 1. The zero-order valence-electron chi connectivity index (χ0n) is 14.4. The molecule has 3 rings (SSSR count). The highest BCUT2D eigenvalue weighted by Crippen LogP contribution is 2.31. The number of carbonyl (C=O) groups is 1. The highest BCUT2D eigenvalue weighted by molar-refractivity contribution is 9.10. The molecule has 0 aliphatic carbocycles. The van der Waals surface area contributed by atoms with Crippen molar-refractivity contribution in [1.82, 2.24) is 9.55 Å². The van der Waals surface area contributed by atoms with Crippen LogP contribution in [0.5, 0.6) is 0 Å². The molecule has 1 aromatic heterocycles. The first-order chi connectivity index (χ1) is 13.3. The van der Waals surface area contributed by atoms with Gasteiger partial charge < -0.3 is 14.6 Å². The Morgan fingerprint density at radius 3 is 2.75 bits per heavy atom. The molecular weight excluding hydrogens is 456 g/mol. The van der Waals surface area contributed by atoms with E-state index in [-0.39, 0.29) is 16.5 Å². The average Bonchev–Trinajstić information content (AvgIpc) is 3.04. The van der Waals surface area contributed by atoms with E-state index in [1.54, 1.807) is 12.1 Å². The SMILES string of the molecule is C=CC(OC(=O)c1ccc(Cl)cc1)[C@H]1O[C@@H](n2cc(Br)c(=O)[nH]c2=O)C[C@@H]1O. The van der Waals surface area contributed by atoms with Gasteiger partial charge in [-0.25, -0.2) is 9.59 Å². The summed E-state index contributed by atoms with van der Waals surface area (Å²) in [6.45, 7) is 3.63. The first-order valence-electron chi connectivity index (χ1n) is 8.23. The predicted molar refractivity (Wildman–Crippen MR) is 104 cm³/mol. The normalized spacial score (nSPS) is 22.6. The topological polar surface area (TPSA) is 111 Å². The van der Waals surface area contributed by atoms with Crippen molar-refractivity contribution < 1.29 is 19.4 Å². The number of aromatic nitrogens is 2.